The van der Waals surface area contributed by atoms with Crippen molar-refractivity contribution in [1.29, 1.82) is 0 Å². The molecule has 1 atom stereocenters. The Labute approximate surface area is 135 Å². The molecule has 1 unspecified atom stereocenters. The van der Waals surface area contributed by atoms with Gasteiger partial charge in [0.05, 0.1) is 5.69 Å². The zero-order chi connectivity index (χ0) is 17.1. The maximum atomic E-state index is 11.9. The Morgan fingerprint density at radius 1 is 1.17 bits per heavy atom. The SMILES string of the molecule is O=C1CN(c2ccc3oc(C4NC(=O)NC4=O)cc3c2)S(=O)(=O)N1. The number of nitrogens with zero attached hydrogens (tertiary/aromatic N) is 1. The van der Waals surface area contributed by atoms with Gasteiger partial charge in [0.15, 0.2) is 6.04 Å². The van der Waals surface area contributed by atoms with E-state index in [4.69, 9.17) is 4.42 Å². The zero-order valence-corrected chi connectivity index (χ0v) is 12.7. The van der Waals surface area contributed by atoms with Crippen LogP contribution in [0.1, 0.15) is 11.8 Å². The van der Waals surface area contributed by atoms with E-state index in [0.717, 1.165) is 4.31 Å². The van der Waals surface area contributed by atoms with Gasteiger partial charge in [0.2, 0.25) is 0 Å². The Bertz CT molecular complexity index is 1010. The van der Waals surface area contributed by atoms with E-state index in [9.17, 15) is 22.8 Å². The number of rotatable bonds is 2. The first-order valence-electron chi connectivity index (χ1n) is 6.82. The molecular formula is C13H10N4O6S. The first-order chi connectivity index (χ1) is 11.3. The monoisotopic (exact) mass is 350 g/mol. The summed E-state index contributed by atoms with van der Waals surface area (Å²) >= 11 is 0. The lowest BCUT2D eigenvalue weighted by molar-refractivity contribution is -0.120. The highest BCUT2D eigenvalue weighted by atomic mass is 32.2. The lowest BCUT2D eigenvalue weighted by atomic mass is 10.2. The number of urea groups is 1. The van der Waals surface area contributed by atoms with Crippen LogP contribution in [-0.2, 0) is 19.8 Å². The minimum Gasteiger partial charge on any atom is -0.458 e. The van der Waals surface area contributed by atoms with Gasteiger partial charge in [-0.1, -0.05) is 0 Å². The number of imide groups is 1. The molecule has 0 aliphatic carbocycles. The molecule has 4 rings (SSSR count). The van der Waals surface area contributed by atoms with Crippen molar-refractivity contribution in [3.8, 4) is 0 Å². The Hall–Kier alpha value is -3.08. The maximum Gasteiger partial charge on any atom is 0.326 e. The van der Waals surface area contributed by atoms with E-state index < -0.39 is 34.1 Å². The second-order valence-electron chi connectivity index (χ2n) is 5.30. The maximum absolute atomic E-state index is 11.9. The second-order valence-corrected chi connectivity index (χ2v) is 6.90. The van der Waals surface area contributed by atoms with Crippen molar-refractivity contribution >= 4 is 44.7 Å². The van der Waals surface area contributed by atoms with Crippen molar-refractivity contribution in [2.75, 3.05) is 10.8 Å². The molecule has 2 aliphatic rings. The summed E-state index contributed by atoms with van der Waals surface area (Å²) in [6, 6.07) is 4.52. The van der Waals surface area contributed by atoms with Crippen molar-refractivity contribution in [3.05, 3.63) is 30.0 Å². The highest BCUT2D eigenvalue weighted by Crippen LogP contribution is 2.30. The highest BCUT2D eigenvalue weighted by Gasteiger charge is 2.35. The summed E-state index contributed by atoms with van der Waals surface area (Å²) in [6.45, 7) is -0.306. The van der Waals surface area contributed by atoms with Crippen LogP contribution in [0.5, 0.6) is 0 Å². The van der Waals surface area contributed by atoms with Crippen LogP contribution >= 0.6 is 0 Å². The number of nitrogens with one attached hydrogen (secondary N) is 3. The fraction of sp³-hybridized carbons (Fsp3) is 0.154. The van der Waals surface area contributed by atoms with Crippen LogP contribution in [0.3, 0.4) is 0 Å². The molecule has 4 amide bonds. The number of furan rings is 1. The Morgan fingerprint density at radius 3 is 2.58 bits per heavy atom. The molecule has 2 fully saturated rings. The summed E-state index contributed by atoms with van der Waals surface area (Å²) in [4.78, 5) is 34.2. The highest BCUT2D eigenvalue weighted by molar-refractivity contribution is 7.92. The number of carbonyl (C=O) groups is 3. The first-order valence-corrected chi connectivity index (χ1v) is 8.26. The Morgan fingerprint density at radius 2 is 1.96 bits per heavy atom. The quantitative estimate of drug-likeness (QED) is 0.624. The third-order valence-corrected chi connectivity index (χ3v) is 5.09. The number of fused-ring (bicyclic) bond motifs is 1. The van der Waals surface area contributed by atoms with Gasteiger partial charge in [-0.3, -0.25) is 14.9 Å². The Kier molecular flexibility index (Phi) is 2.85. The van der Waals surface area contributed by atoms with Gasteiger partial charge in [-0.2, -0.15) is 8.42 Å². The van der Waals surface area contributed by atoms with Crippen molar-refractivity contribution in [2.45, 2.75) is 6.04 Å². The van der Waals surface area contributed by atoms with Crippen molar-refractivity contribution in [3.63, 3.8) is 0 Å². The molecule has 1 aromatic carbocycles. The molecule has 2 aliphatic heterocycles. The van der Waals surface area contributed by atoms with Gasteiger partial charge in [0.25, 0.3) is 11.8 Å². The normalized spacial score (nSPS) is 22.6. The first kappa shape index (κ1) is 14.5. The van der Waals surface area contributed by atoms with Crippen LogP contribution in [-0.4, -0.2) is 32.8 Å². The minimum atomic E-state index is -3.90. The van der Waals surface area contributed by atoms with Crippen LogP contribution in [0.2, 0.25) is 0 Å². The van der Waals surface area contributed by atoms with Crippen LogP contribution in [0.25, 0.3) is 11.0 Å². The van der Waals surface area contributed by atoms with Crippen molar-refractivity contribution in [2.24, 2.45) is 0 Å². The van der Waals surface area contributed by atoms with E-state index in [0.29, 0.717) is 11.0 Å². The predicted octanol–water partition coefficient (Wildman–Crippen LogP) is -0.506. The number of hydrogen-bond acceptors (Lipinski definition) is 6. The molecule has 0 bridgehead atoms. The lowest BCUT2D eigenvalue weighted by Crippen LogP contribution is -2.29. The molecule has 0 radical (unpaired) electrons. The van der Waals surface area contributed by atoms with E-state index in [2.05, 4.69) is 10.6 Å². The molecule has 2 aromatic rings. The number of benzene rings is 1. The molecule has 3 heterocycles. The molecular weight excluding hydrogens is 340 g/mol. The zero-order valence-electron chi connectivity index (χ0n) is 11.9. The fourth-order valence-corrected chi connectivity index (χ4v) is 3.78. The molecule has 0 spiro atoms. The molecule has 0 saturated carbocycles. The summed E-state index contributed by atoms with van der Waals surface area (Å²) < 4.78 is 32.1. The van der Waals surface area contributed by atoms with E-state index in [1.165, 1.54) is 24.3 Å². The molecule has 11 heteroatoms. The summed E-state index contributed by atoms with van der Waals surface area (Å²) in [6.07, 6.45) is 0. The summed E-state index contributed by atoms with van der Waals surface area (Å²) in [7, 11) is -3.90. The largest absolute Gasteiger partial charge is 0.458 e. The molecule has 2 saturated heterocycles. The van der Waals surface area contributed by atoms with E-state index in [-0.39, 0.29) is 18.0 Å². The van der Waals surface area contributed by atoms with Crippen LogP contribution in [0, 0.1) is 0 Å². The van der Waals surface area contributed by atoms with Gasteiger partial charge in [-0.15, -0.1) is 0 Å². The number of hydrogen-bond donors (Lipinski definition) is 3. The van der Waals surface area contributed by atoms with Gasteiger partial charge in [0, 0.05) is 5.39 Å². The van der Waals surface area contributed by atoms with Crippen LogP contribution < -0.4 is 19.7 Å². The van der Waals surface area contributed by atoms with Crippen molar-refractivity contribution < 1.29 is 27.2 Å². The van der Waals surface area contributed by atoms with Gasteiger partial charge < -0.3 is 9.73 Å². The lowest BCUT2D eigenvalue weighted by Gasteiger charge is -2.14. The summed E-state index contributed by atoms with van der Waals surface area (Å²) in [5.74, 6) is -0.923. The number of carbonyl (C=O) groups excluding carboxylic acids is 3. The average molecular weight is 350 g/mol. The van der Waals surface area contributed by atoms with E-state index in [1.807, 2.05) is 4.72 Å². The molecule has 124 valence electrons. The predicted molar refractivity (Wildman–Crippen MR) is 80.0 cm³/mol. The van der Waals surface area contributed by atoms with E-state index >= 15 is 0 Å². The standard InChI is InChI=1S/C13H10N4O6S/c18-10-5-17(24(21,22)16-10)7-1-2-8-6(3-7)4-9(23-8)11-12(19)15-13(20)14-11/h1-4,11H,5H2,(H,16,18)(H2,14,15,19,20). The summed E-state index contributed by atoms with van der Waals surface area (Å²) in [5, 5.41) is 5.05. The van der Waals surface area contributed by atoms with Gasteiger partial charge in [-0.25, -0.2) is 13.8 Å². The van der Waals surface area contributed by atoms with E-state index in [1.54, 1.807) is 0 Å². The smallest absolute Gasteiger partial charge is 0.326 e. The average Bonchev–Trinajstić information content (AvgIpc) is 3.12. The fourth-order valence-electron chi connectivity index (χ4n) is 2.64. The second kappa shape index (κ2) is 4.71. The minimum absolute atomic E-state index is 0.226. The van der Waals surface area contributed by atoms with Gasteiger partial charge in [-0.05, 0) is 24.3 Å². The number of amides is 4. The number of anilines is 1. The van der Waals surface area contributed by atoms with Gasteiger partial charge >= 0.3 is 16.2 Å². The van der Waals surface area contributed by atoms with Crippen LogP contribution in [0.4, 0.5) is 10.5 Å². The third kappa shape index (κ3) is 2.17. The summed E-state index contributed by atoms with van der Waals surface area (Å²) in [5.41, 5.74) is 0.701. The molecule has 3 N–H and O–H groups in total. The topological polar surface area (TPSA) is 138 Å². The van der Waals surface area contributed by atoms with Crippen molar-refractivity contribution in [1.82, 2.24) is 15.4 Å². The molecule has 10 nitrogen and oxygen atoms in total. The molecule has 1 aromatic heterocycles. The van der Waals surface area contributed by atoms with Gasteiger partial charge in [0.1, 0.15) is 17.9 Å². The third-order valence-electron chi connectivity index (χ3n) is 3.69. The molecule has 24 heavy (non-hydrogen) atoms. The van der Waals surface area contributed by atoms with Crippen LogP contribution in [0.15, 0.2) is 28.7 Å². The Balaban J connectivity index is 1.73.